The molecule has 0 unspecified atom stereocenters. The van der Waals surface area contributed by atoms with Gasteiger partial charge in [-0.15, -0.1) is 0 Å². The zero-order valence-electron chi connectivity index (χ0n) is 21.4. The lowest BCUT2D eigenvalue weighted by molar-refractivity contribution is -0.137. The van der Waals surface area contributed by atoms with Gasteiger partial charge in [0.15, 0.2) is 11.5 Å². The second-order valence-electron chi connectivity index (χ2n) is 10.5. The monoisotopic (exact) mass is 515 g/mol. The topological polar surface area (TPSA) is 85.5 Å². The number of methoxy groups -OCH3 is 1. The number of nitrogens with one attached hydrogen (secondary N) is 1. The fourth-order valence-corrected chi connectivity index (χ4v) is 5.30. The van der Waals surface area contributed by atoms with Crippen molar-refractivity contribution in [2.45, 2.75) is 51.4 Å². The third-order valence-corrected chi connectivity index (χ3v) is 7.52. The van der Waals surface area contributed by atoms with Crippen LogP contribution in [0, 0.1) is 12.3 Å². The molecule has 10 heteroatoms. The van der Waals surface area contributed by atoms with Gasteiger partial charge in [-0.2, -0.15) is 13.2 Å². The molecule has 0 bridgehead atoms. The van der Waals surface area contributed by atoms with Crippen molar-refractivity contribution in [1.29, 1.82) is 0 Å². The molecule has 2 aliphatic rings. The number of hydrogen-bond acceptors (Lipinski definition) is 7. The number of alkyl halides is 3. The van der Waals surface area contributed by atoms with Crippen LogP contribution in [0.3, 0.4) is 0 Å². The zero-order valence-corrected chi connectivity index (χ0v) is 21.4. The Labute approximate surface area is 214 Å². The van der Waals surface area contributed by atoms with Gasteiger partial charge in [0.2, 0.25) is 0 Å². The number of halogens is 3. The predicted octanol–water partition coefficient (Wildman–Crippen LogP) is 5.58. The Kier molecular flexibility index (Phi) is 6.34. The molecule has 2 heterocycles. The summed E-state index contributed by atoms with van der Waals surface area (Å²) in [4.78, 5) is 11.5. The third kappa shape index (κ3) is 5.25. The lowest BCUT2D eigenvalue weighted by atomic mass is 10.0. The number of benzene rings is 2. The minimum Gasteiger partial charge on any atom is -0.493 e. The molecule has 7 nitrogen and oxygen atoms in total. The van der Waals surface area contributed by atoms with Crippen molar-refractivity contribution < 1.29 is 22.6 Å². The van der Waals surface area contributed by atoms with Crippen molar-refractivity contribution >= 4 is 22.4 Å². The van der Waals surface area contributed by atoms with Crippen LogP contribution in [0.15, 0.2) is 30.3 Å². The van der Waals surface area contributed by atoms with E-state index in [0.717, 1.165) is 25.1 Å². The van der Waals surface area contributed by atoms with Crippen molar-refractivity contribution in [3.05, 3.63) is 47.3 Å². The Balaban J connectivity index is 1.44. The molecule has 2 fully saturated rings. The van der Waals surface area contributed by atoms with Crippen LogP contribution >= 0.6 is 0 Å². The Hall–Kier alpha value is -3.27. The highest BCUT2D eigenvalue weighted by molar-refractivity contribution is 5.92. The molecule has 1 aromatic heterocycles. The molecule has 1 saturated heterocycles. The van der Waals surface area contributed by atoms with Gasteiger partial charge in [-0.05, 0) is 75.4 Å². The van der Waals surface area contributed by atoms with Gasteiger partial charge >= 0.3 is 6.18 Å². The fourth-order valence-electron chi connectivity index (χ4n) is 5.30. The number of fused-ring (bicyclic) bond motifs is 1. The largest absolute Gasteiger partial charge is 0.493 e. The number of likely N-dealkylation sites (tertiary alicyclic amines) is 1. The molecule has 37 heavy (non-hydrogen) atoms. The van der Waals surface area contributed by atoms with E-state index in [1.165, 1.54) is 18.9 Å². The third-order valence-electron chi connectivity index (χ3n) is 7.52. The Morgan fingerprint density at radius 3 is 2.57 bits per heavy atom. The van der Waals surface area contributed by atoms with Gasteiger partial charge in [0.05, 0.1) is 24.2 Å². The van der Waals surface area contributed by atoms with E-state index in [0.29, 0.717) is 57.7 Å². The minimum absolute atomic E-state index is 0.0486. The summed E-state index contributed by atoms with van der Waals surface area (Å²) in [7, 11) is 3.72. The summed E-state index contributed by atoms with van der Waals surface area (Å²) < 4.78 is 51.9. The summed E-state index contributed by atoms with van der Waals surface area (Å²) in [5.74, 6) is 2.15. The summed E-state index contributed by atoms with van der Waals surface area (Å²) in [6, 6.07) is 7.04. The van der Waals surface area contributed by atoms with E-state index in [-0.39, 0.29) is 5.69 Å². The molecule has 1 saturated carbocycles. The van der Waals surface area contributed by atoms with Gasteiger partial charge in [0.25, 0.3) is 0 Å². The molecule has 1 aliphatic carbocycles. The van der Waals surface area contributed by atoms with Crippen molar-refractivity contribution in [2.75, 3.05) is 38.4 Å². The molecule has 3 N–H and O–H groups in total. The molecule has 2 aromatic carbocycles. The number of nitrogens with two attached hydrogens (primary N) is 1. The molecular weight excluding hydrogens is 483 g/mol. The normalized spacial score (nSPS) is 19.8. The average Bonchev–Trinajstić information content (AvgIpc) is 3.50. The predicted molar refractivity (Wildman–Crippen MR) is 137 cm³/mol. The first-order valence-electron chi connectivity index (χ1n) is 12.4. The quantitative estimate of drug-likeness (QED) is 0.397. The number of aryl methyl sites for hydroxylation is 1. The first-order valence-corrected chi connectivity index (χ1v) is 12.4. The number of anilines is 2. The minimum atomic E-state index is -4.49. The van der Waals surface area contributed by atoms with Crippen LogP contribution in [0.4, 0.5) is 24.7 Å². The van der Waals surface area contributed by atoms with Crippen LogP contribution in [-0.2, 0) is 6.18 Å². The highest BCUT2D eigenvalue weighted by atomic mass is 19.4. The van der Waals surface area contributed by atoms with Crippen LogP contribution in [0.1, 0.15) is 49.2 Å². The summed E-state index contributed by atoms with van der Waals surface area (Å²) in [5, 5.41) is 3.94. The van der Waals surface area contributed by atoms with Crippen molar-refractivity contribution in [3.8, 4) is 11.5 Å². The maximum absolute atomic E-state index is 13.3. The zero-order chi connectivity index (χ0) is 26.5. The van der Waals surface area contributed by atoms with Crippen molar-refractivity contribution in [1.82, 2.24) is 14.9 Å². The molecule has 1 aliphatic heterocycles. The highest BCUT2D eigenvalue weighted by Crippen LogP contribution is 2.54. The van der Waals surface area contributed by atoms with E-state index in [1.807, 2.05) is 6.07 Å². The fraction of sp³-hybridized carbons (Fsp3) is 0.481. The van der Waals surface area contributed by atoms with E-state index < -0.39 is 17.8 Å². The van der Waals surface area contributed by atoms with E-state index in [9.17, 15) is 13.2 Å². The van der Waals surface area contributed by atoms with Crippen LogP contribution in [-0.4, -0.2) is 48.2 Å². The summed E-state index contributed by atoms with van der Waals surface area (Å²) in [6.45, 7) is 5.17. The summed E-state index contributed by atoms with van der Waals surface area (Å²) in [5.41, 5.74) is 6.56. The van der Waals surface area contributed by atoms with Crippen LogP contribution < -0.4 is 20.5 Å². The number of likely N-dealkylation sites (N-methyl/N-ethyl adjacent to an activating group) is 1. The van der Waals surface area contributed by atoms with E-state index >= 15 is 0 Å². The molecule has 1 spiro atoms. The SMILES string of the molecule is COc1cc2nc(C)nc(N[C@H](C)c3cc(N)cc(C(F)(F)F)c3)c2cc1OC[C@@H]1CC2(CC2)CN1C. The van der Waals surface area contributed by atoms with Crippen LogP contribution in [0.25, 0.3) is 10.9 Å². The Morgan fingerprint density at radius 2 is 1.92 bits per heavy atom. The molecule has 198 valence electrons. The second-order valence-corrected chi connectivity index (χ2v) is 10.5. The van der Waals surface area contributed by atoms with Gasteiger partial charge in [-0.1, -0.05) is 0 Å². The number of hydrogen-bond donors (Lipinski definition) is 2. The van der Waals surface area contributed by atoms with Gasteiger partial charge < -0.3 is 20.5 Å². The smallest absolute Gasteiger partial charge is 0.416 e. The molecule has 0 amide bonds. The number of nitrogen functional groups attached to an aromatic ring is 1. The first-order chi connectivity index (χ1) is 17.5. The van der Waals surface area contributed by atoms with E-state index in [1.54, 1.807) is 27.0 Å². The maximum Gasteiger partial charge on any atom is 0.416 e. The summed E-state index contributed by atoms with van der Waals surface area (Å²) >= 11 is 0. The van der Waals surface area contributed by atoms with Crippen molar-refractivity contribution in [2.24, 2.45) is 5.41 Å². The number of nitrogens with zero attached hydrogens (tertiary/aromatic N) is 3. The van der Waals surface area contributed by atoms with Gasteiger partial charge in [0, 0.05) is 29.7 Å². The number of aromatic nitrogens is 2. The van der Waals surface area contributed by atoms with Gasteiger partial charge in [-0.3, -0.25) is 4.90 Å². The molecule has 5 rings (SSSR count). The lowest BCUT2D eigenvalue weighted by Gasteiger charge is -2.21. The highest BCUT2D eigenvalue weighted by Gasteiger charge is 2.50. The standard InChI is InChI=1S/C27H32F3N5O2/c1-15(17-7-18(27(28,29)30)9-19(31)8-17)32-25-21-10-24(23(36-4)11-22(21)33-16(2)34-25)37-13-20-12-26(5-6-26)14-35(20)3/h7-11,15,20H,5-6,12-14,31H2,1-4H3,(H,32,33,34)/t15-,20+/m1/s1. The molecule has 0 radical (unpaired) electrons. The van der Waals surface area contributed by atoms with Crippen LogP contribution in [0.5, 0.6) is 11.5 Å². The number of rotatable bonds is 7. The summed E-state index contributed by atoms with van der Waals surface area (Å²) in [6.07, 6.45) is -0.785. The maximum atomic E-state index is 13.3. The van der Waals surface area contributed by atoms with Gasteiger partial charge in [0.1, 0.15) is 18.2 Å². The number of ether oxygens (including phenoxy) is 2. The Morgan fingerprint density at radius 1 is 1.16 bits per heavy atom. The lowest BCUT2D eigenvalue weighted by Crippen LogP contribution is -2.30. The molecule has 2 atom stereocenters. The second kappa shape index (κ2) is 9.24. The average molecular weight is 516 g/mol. The van der Waals surface area contributed by atoms with E-state index in [4.69, 9.17) is 15.2 Å². The van der Waals surface area contributed by atoms with Crippen molar-refractivity contribution in [3.63, 3.8) is 0 Å². The van der Waals surface area contributed by atoms with Crippen LogP contribution in [0.2, 0.25) is 0 Å². The molecule has 3 aromatic rings. The first kappa shape index (κ1) is 25.4. The van der Waals surface area contributed by atoms with Gasteiger partial charge in [-0.25, -0.2) is 9.97 Å². The van der Waals surface area contributed by atoms with E-state index in [2.05, 4.69) is 27.2 Å². The Bertz CT molecular complexity index is 1330. The molecular formula is C27H32F3N5O2.